The molecule has 2 rings (SSSR count). The van der Waals surface area contributed by atoms with Crippen LogP contribution in [0, 0.1) is 5.92 Å². The summed E-state index contributed by atoms with van der Waals surface area (Å²) in [6, 6.07) is 10.2. The van der Waals surface area contributed by atoms with Crippen molar-refractivity contribution in [1.82, 2.24) is 4.90 Å². The first-order chi connectivity index (χ1) is 7.79. The average molecular weight is 329 g/mol. The summed E-state index contributed by atoms with van der Waals surface area (Å²) in [5.74, 6) is 0.993. The summed E-state index contributed by atoms with van der Waals surface area (Å²) in [5.41, 5.74) is 1.23. The van der Waals surface area contributed by atoms with Gasteiger partial charge in [-0.25, -0.2) is 0 Å². The van der Waals surface area contributed by atoms with Crippen molar-refractivity contribution in [2.75, 3.05) is 11.0 Å². The van der Waals surface area contributed by atoms with Crippen molar-refractivity contribution < 1.29 is 4.79 Å². The number of rotatable bonds is 3. The Morgan fingerprint density at radius 2 is 2.06 bits per heavy atom. The van der Waals surface area contributed by atoms with Gasteiger partial charge in [-0.1, -0.05) is 52.9 Å². The molecule has 1 aliphatic rings. The second-order valence-electron chi connectivity index (χ2n) is 4.32. The first-order valence-electron chi connectivity index (χ1n) is 5.67. The van der Waals surface area contributed by atoms with Crippen LogP contribution in [0.15, 0.2) is 30.3 Å². The van der Waals surface area contributed by atoms with Gasteiger partial charge >= 0.3 is 0 Å². The molecule has 0 aliphatic carbocycles. The number of piperidine rings is 1. The van der Waals surface area contributed by atoms with E-state index in [4.69, 9.17) is 0 Å². The lowest BCUT2D eigenvalue weighted by Gasteiger charge is -2.31. The van der Waals surface area contributed by atoms with Crippen LogP contribution in [-0.2, 0) is 11.3 Å². The molecule has 0 saturated carbocycles. The second-order valence-corrected chi connectivity index (χ2v) is 5.20. The molecule has 1 saturated heterocycles. The second kappa shape index (κ2) is 5.66. The molecule has 2 nitrogen and oxygen atoms in total. The first kappa shape index (κ1) is 11.9. The van der Waals surface area contributed by atoms with Crippen molar-refractivity contribution in [2.24, 2.45) is 5.92 Å². The van der Waals surface area contributed by atoms with Gasteiger partial charge in [-0.2, -0.15) is 0 Å². The zero-order valence-corrected chi connectivity index (χ0v) is 11.4. The molecule has 1 unspecified atom stereocenters. The zero-order valence-electron chi connectivity index (χ0n) is 9.23. The molecule has 1 atom stereocenters. The van der Waals surface area contributed by atoms with Gasteiger partial charge in [0.1, 0.15) is 0 Å². The van der Waals surface area contributed by atoms with Gasteiger partial charge in [0.2, 0.25) is 5.91 Å². The SMILES string of the molecule is O=C1CCC(CI)CN1Cc1ccccc1. The summed E-state index contributed by atoms with van der Waals surface area (Å²) in [5, 5.41) is 0. The lowest BCUT2D eigenvalue weighted by atomic mass is 9.99. The Labute approximate surface area is 110 Å². The van der Waals surface area contributed by atoms with E-state index in [9.17, 15) is 4.79 Å². The number of halogens is 1. The van der Waals surface area contributed by atoms with E-state index in [-0.39, 0.29) is 0 Å². The number of nitrogens with zero attached hydrogens (tertiary/aromatic N) is 1. The van der Waals surface area contributed by atoms with E-state index in [1.807, 2.05) is 23.1 Å². The van der Waals surface area contributed by atoms with Crippen LogP contribution in [0.5, 0.6) is 0 Å². The standard InChI is InChI=1S/C13H16INO/c14-8-12-6-7-13(16)15(10-12)9-11-4-2-1-3-5-11/h1-5,12H,6-10H2. The van der Waals surface area contributed by atoms with Crippen LogP contribution < -0.4 is 0 Å². The van der Waals surface area contributed by atoms with Gasteiger partial charge in [0, 0.05) is 23.9 Å². The molecule has 1 aromatic rings. The number of carbonyl (C=O) groups excluding carboxylic acids is 1. The van der Waals surface area contributed by atoms with Crippen LogP contribution >= 0.6 is 22.6 Å². The highest BCUT2D eigenvalue weighted by Crippen LogP contribution is 2.21. The summed E-state index contributed by atoms with van der Waals surface area (Å²) in [6.07, 6.45) is 1.79. The Morgan fingerprint density at radius 3 is 2.75 bits per heavy atom. The van der Waals surface area contributed by atoms with Crippen LogP contribution in [0.3, 0.4) is 0 Å². The van der Waals surface area contributed by atoms with E-state index < -0.39 is 0 Å². The quantitative estimate of drug-likeness (QED) is 0.617. The largest absolute Gasteiger partial charge is 0.338 e. The molecule has 1 aromatic carbocycles. The molecule has 1 fully saturated rings. The van der Waals surface area contributed by atoms with E-state index in [1.54, 1.807) is 0 Å². The molecular weight excluding hydrogens is 313 g/mol. The molecule has 86 valence electrons. The van der Waals surface area contributed by atoms with Crippen molar-refractivity contribution in [3.8, 4) is 0 Å². The van der Waals surface area contributed by atoms with Crippen LogP contribution in [0.1, 0.15) is 18.4 Å². The third kappa shape index (κ3) is 2.97. The molecule has 0 bridgehead atoms. The number of likely N-dealkylation sites (tertiary alicyclic amines) is 1. The van der Waals surface area contributed by atoms with E-state index in [0.29, 0.717) is 11.8 Å². The Balaban J connectivity index is 2.00. The molecule has 0 N–H and O–H groups in total. The minimum absolute atomic E-state index is 0.310. The summed E-state index contributed by atoms with van der Waals surface area (Å²) >= 11 is 2.42. The lowest BCUT2D eigenvalue weighted by molar-refractivity contribution is -0.135. The van der Waals surface area contributed by atoms with Gasteiger partial charge in [0.05, 0.1) is 0 Å². The molecule has 3 heteroatoms. The van der Waals surface area contributed by atoms with Gasteiger partial charge in [0.15, 0.2) is 0 Å². The van der Waals surface area contributed by atoms with Gasteiger partial charge in [0.25, 0.3) is 0 Å². The van der Waals surface area contributed by atoms with Crippen LogP contribution in [-0.4, -0.2) is 21.8 Å². The van der Waals surface area contributed by atoms with Crippen molar-refractivity contribution in [3.05, 3.63) is 35.9 Å². The molecule has 1 aliphatic heterocycles. The third-order valence-electron chi connectivity index (χ3n) is 3.03. The van der Waals surface area contributed by atoms with E-state index in [2.05, 4.69) is 34.7 Å². The average Bonchev–Trinajstić information content (AvgIpc) is 2.33. The molecule has 0 aromatic heterocycles. The van der Waals surface area contributed by atoms with Crippen molar-refractivity contribution in [1.29, 1.82) is 0 Å². The Bertz CT molecular complexity index is 352. The number of amides is 1. The number of benzene rings is 1. The van der Waals surface area contributed by atoms with Crippen LogP contribution in [0.4, 0.5) is 0 Å². The van der Waals surface area contributed by atoms with Crippen molar-refractivity contribution >= 4 is 28.5 Å². The first-order valence-corrected chi connectivity index (χ1v) is 7.20. The van der Waals surface area contributed by atoms with Crippen LogP contribution in [0.25, 0.3) is 0 Å². The summed E-state index contributed by atoms with van der Waals surface area (Å²) in [7, 11) is 0. The monoisotopic (exact) mass is 329 g/mol. The smallest absolute Gasteiger partial charge is 0.222 e. The molecule has 0 spiro atoms. The number of hydrogen-bond acceptors (Lipinski definition) is 1. The lowest BCUT2D eigenvalue weighted by Crippen LogP contribution is -2.39. The van der Waals surface area contributed by atoms with E-state index >= 15 is 0 Å². The van der Waals surface area contributed by atoms with Gasteiger partial charge < -0.3 is 4.90 Å². The Kier molecular flexibility index (Phi) is 4.21. The molecule has 0 radical (unpaired) electrons. The summed E-state index contributed by atoms with van der Waals surface area (Å²) in [6.45, 7) is 1.70. The maximum Gasteiger partial charge on any atom is 0.222 e. The number of alkyl halides is 1. The number of hydrogen-bond donors (Lipinski definition) is 0. The van der Waals surface area contributed by atoms with E-state index in [1.165, 1.54) is 5.56 Å². The minimum Gasteiger partial charge on any atom is -0.338 e. The van der Waals surface area contributed by atoms with Gasteiger partial charge in [-0.3, -0.25) is 4.79 Å². The van der Waals surface area contributed by atoms with Crippen LogP contribution in [0.2, 0.25) is 0 Å². The van der Waals surface area contributed by atoms with Crippen molar-refractivity contribution in [2.45, 2.75) is 19.4 Å². The maximum absolute atomic E-state index is 11.8. The fourth-order valence-corrected chi connectivity index (χ4v) is 2.79. The fraction of sp³-hybridized carbons (Fsp3) is 0.462. The predicted octanol–water partition coefficient (Wildman–Crippen LogP) is 2.86. The van der Waals surface area contributed by atoms with E-state index in [0.717, 1.165) is 30.4 Å². The molecular formula is C13H16INO. The molecule has 1 amide bonds. The summed E-state index contributed by atoms with van der Waals surface area (Å²) < 4.78 is 1.15. The van der Waals surface area contributed by atoms with Gasteiger partial charge in [-0.05, 0) is 17.9 Å². The number of carbonyl (C=O) groups is 1. The summed E-state index contributed by atoms with van der Waals surface area (Å²) in [4.78, 5) is 13.8. The minimum atomic E-state index is 0.310. The Hall–Kier alpha value is -0.580. The normalized spacial score (nSPS) is 21.2. The fourth-order valence-electron chi connectivity index (χ4n) is 2.07. The van der Waals surface area contributed by atoms with Gasteiger partial charge in [-0.15, -0.1) is 0 Å². The molecule has 1 heterocycles. The van der Waals surface area contributed by atoms with Crippen molar-refractivity contribution in [3.63, 3.8) is 0 Å². The highest BCUT2D eigenvalue weighted by atomic mass is 127. The zero-order chi connectivity index (χ0) is 11.4. The Morgan fingerprint density at radius 1 is 1.31 bits per heavy atom. The third-order valence-corrected chi connectivity index (χ3v) is 4.28. The molecule has 16 heavy (non-hydrogen) atoms. The highest BCUT2D eigenvalue weighted by Gasteiger charge is 2.24. The predicted molar refractivity (Wildman–Crippen MR) is 73.5 cm³/mol. The highest BCUT2D eigenvalue weighted by molar-refractivity contribution is 14.1. The maximum atomic E-state index is 11.8. The topological polar surface area (TPSA) is 20.3 Å².